The number of amides is 1. The molecule has 2 aromatic carbocycles. The second-order valence-corrected chi connectivity index (χ2v) is 8.98. The molecule has 1 fully saturated rings. The van der Waals surface area contributed by atoms with Crippen LogP contribution in [0.2, 0.25) is 0 Å². The summed E-state index contributed by atoms with van der Waals surface area (Å²) in [5, 5.41) is 7.52. The van der Waals surface area contributed by atoms with Crippen LogP contribution in [0.3, 0.4) is 0 Å². The number of amidine groups is 1. The number of nitrogens with zero attached hydrogens (tertiary/aromatic N) is 3. The molecular formula is C26H36Cl2N6O. The zero-order valence-electron chi connectivity index (χ0n) is 20.2. The van der Waals surface area contributed by atoms with Crippen molar-refractivity contribution in [1.29, 1.82) is 5.41 Å². The predicted octanol–water partition coefficient (Wildman–Crippen LogP) is 4.22. The van der Waals surface area contributed by atoms with Crippen molar-refractivity contribution in [3.05, 3.63) is 65.0 Å². The fourth-order valence-electron chi connectivity index (χ4n) is 4.86. The molecule has 9 heteroatoms. The van der Waals surface area contributed by atoms with E-state index in [9.17, 15) is 4.79 Å². The first kappa shape index (κ1) is 28.6. The molecule has 35 heavy (non-hydrogen) atoms. The SMILES string of the molecule is Cl.Cl.Cn1c(CCc2ccc(C(=N)N)cc2)nc2cc(C(=O)N(CCN)C3CCCCC3)ccc21. The number of aryl methyl sites for hydroxylation is 3. The van der Waals surface area contributed by atoms with Gasteiger partial charge in [-0.15, -0.1) is 24.8 Å². The molecule has 1 aliphatic rings. The molecule has 1 aliphatic carbocycles. The summed E-state index contributed by atoms with van der Waals surface area (Å²) in [6.07, 6.45) is 7.37. The molecule has 4 rings (SSSR count). The second kappa shape index (κ2) is 12.9. The monoisotopic (exact) mass is 518 g/mol. The maximum Gasteiger partial charge on any atom is 0.254 e. The number of aromatic nitrogens is 2. The summed E-state index contributed by atoms with van der Waals surface area (Å²) in [5.41, 5.74) is 15.8. The van der Waals surface area contributed by atoms with Crippen LogP contribution in [0.1, 0.15) is 59.4 Å². The van der Waals surface area contributed by atoms with Crippen molar-refractivity contribution >= 4 is 47.6 Å². The predicted molar refractivity (Wildman–Crippen MR) is 147 cm³/mol. The van der Waals surface area contributed by atoms with Gasteiger partial charge in [-0.25, -0.2) is 4.98 Å². The number of imidazole rings is 1. The number of carbonyl (C=O) groups is 1. The van der Waals surface area contributed by atoms with Gasteiger partial charge >= 0.3 is 0 Å². The van der Waals surface area contributed by atoms with Crippen LogP contribution in [0.25, 0.3) is 11.0 Å². The second-order valence-electron chi connectivity index (χ2n) is 8.98. The van der Waals surface area contributed by atoms with Crippen molar-refractivity contribution in [1.82, 2.24) is 14.5 Å². The number of rotatable bonds is 8. The number of nitrogens with two attached hydrogens (primary N) is 2. The van der Waals surface area contributed by atoms with Crippen molar-refractivity contribution in [2.24, 2.45) is 18.5 Å². The van der Waals surface area contributed by atoms with E-state index in [0.717, 1.165) is 48.1 Å². The van der Waals surface area contributed by atoms with E-state index >= 15 is 0 Å². The van der Waals surface area contributed by atoms with Gasteiger partial charge in [0.2, 0.25) is 0 Å². The molecule has 0 atom stereocenters. The van der Waals surface area contributed by atoms with E-state index in [-0.39, 0.29) is 36.6 Å². The third-order valence-corrected chi connectivity index (χ3v) is 6.77. The van der Waals surface area contributed by atoms with Gasteiger partial charge in [-0.2, -0.15) is 0 Å². The van der Waals surface area contributed by atoms with Crippen molar-refractivity contribution < 1.29 is 4.79 Å². The highest BCUT2D eigenvalue weighted by Gasteiger charge is 2.26. The van der Waals surface area contributed by atoms with Gasteiger partial charge in [0, 0.05) is 43.7 Å². The van der Waals surface area contributed by atoms with Crippen LogP contribution in [0.15, 0.2) is 42.5 Å². The van der Waals surface area contributed by atoms with Gasteiger partial charge in [-0.3, -0.25) is 10.2 Å². The summed E-state index contributed by atoms with van der Waals surface area (Å²) in [4.78, 5) is 20.2. The highest BCUT2D eigenvalue weighted by Crippen LogP contribution is 2.25. The lowest BCUT2D eigenvalue weighted by molar-refractivity contribution is 0.0642. The molecule has 0 unspecified atom stereocenters. The first-order valence-corrected chi connectivity index (χ1v) is 11.9. The molecule has 0 spiro atoms. The van der Waals surface area contributed by atoms with E-state index in [2.05, 4.69) is 4.57 Å². The number of halogens is 2. The van der Waals surface area contributed by atoms with Gasteiger partial charge in [-0.1, -0.05) is 43.5 Å². The summed E-state index contributed by atoms with van der Waals surface area (Å²) in [5.74, 6) is 1.12. The molecule has 1 amide bonds. The molecule has 0 bridgehead atoms. The van der Waals surface area contributed by atoms with Crippen molar-refractivity contribution in [2.75, 3.05) is 13.1 Å². The molecule has 3 aromatic rings. The molecule has 0 radical (unpaired) electrons. The average Bonchev–Trinajstić information content (AvgIpc) is 3.16. The van der Waals surface area contributed by atoms with Gasteiger partial charge in [0.15, 0.2) is 0 Å². The number of benzene rings is 2. The Hall–Kier alpha value is -2.61. The third kappa shape index (κ3) is 6.54. The molecule has 5 N–H and O–H groups in total. The van der Waals surface area contributed by atoms with E-state index in [1.54, 1.807) is 0 Å². The zero-order valence-corrected chi connectivity index (χ0v) is 21.8. The maximum atomic E-state index is 13.4. The molecule has 0 saturated heterocycles. The normalized spacial score (nSPS) is 13.7. The van der Waals surface area contributed by atoms with E-state index in [1.165, 1.54) is 24.8 Å². The van der Waals surface area contributed by atoms with E-state index in [4.69, 9.17) is 21.9 Å². The average molecular weight is 520 g/mol. The van der Waals surface area contributed by atoms with Crippen LogP contribution in [-0.2, 0) is 19.9 Å². The first-order valence-electron chi connectivity index (χ1n) is 11.9. The van der Waals surface area contributed by atoms with Crippen LogP contribution in [0.4, 0.5) is 0 Å². The minimum atomic E-state index is 0. The van der Waals surface area contributed by atoms with Crippen molar-refractivity contribution in [3.8, 4) is 0 Å². The Bertz CT molecular complexity index is 1140. The van der Waals surface area contributed by atoms with Crippen molar-refractivity contribution in [3.63, 3.8) is 0 Å². The quantitative estimate of drug-likeness (QED) is 0.305. The first-order chi connectivity index (χ1) is 16.0. The van der Waals surface area contributed by atoms with Crippen LogP contribution in [0.5, 0.6) is 0 Å². The summed E-state index contributed by atoms with van der Waals surface area (Å²) < 4.78 is 2.10. The molecular weight excluding hydrogens is 483 g/mol. The number of hydrogen-bond acceptors (Lipinski definition) is 4. The van der Waals surface area contributed by atoms with E-state index < -0.39 is 0 Å². The maximum absolute atomic E-state index is 13.4. The minimum Gasteiger partial charge on any atom is -0.384 e. The number of carbonyl (C=O) groups excluding carboxylic acids is 1. The fourth-order valence-corrected chi connectivity index (χ4v) is 4.86. The molecule has 1 aromatic heterocycles. The minimum absolute atomic E-state index is 0. The highest BCUT2D eigenvalue weighted by molar-refractivity contribution is 5.97. The summed E-state index contributed by atoms with van der Waals surface area (Å²) in [7, 11) is 2.02. The smallest absolute Gasteiger partial charge is 0.254 e. The lowest BCUT2D eigenvalue weighted by Crippen LogP contribution is -2.44. The van der Waals surface area contributed by atoms with E-state index in [1.807, 2.05) is 54.4 Å². The molecule has 0 aliphatic heterocycles. The standard InChI is InChI=1S/C26H34N6O.2ClH/c1-31-23-13-12-20(26(33)32(16-15-27)21-5-3-2-4-6-21)17-22(23)30-24(31)14-9-18-7-10-19(11-8-18)25(28)29;;/h7-8,10-13,17,21H,2-6,9,14-16,27H2,1H3,(H3,28,29);2*1H. The Labute approximate surface area is 219 Å². The van der Waals surface area contributed by atoms with Crippen LogP contribution < -0.4 is 11.5 Å². The summed E-state index contributed by atoms with van der Waals surface area (Å²) in [6, 6.07) is 13.9. The number of nitrogens with one attached hydrogen (secondary N) is 1. The summed E-state index contributed by atoms with van der Waals surface area (Å²) in [6.45, 7) is 1.07. The Morgan fingerprint density at radius 1 is 1.06 bits per heavy atom. The fraction of sp³-hybridized carbons (Fsp3) is 0.423. The Balaban J connectivity index is 0.00000216. The number of fused-ring (bicyclic) bond motifs is 1. The molecule has 1 heterocycles. The van der Waals surface area contributed by atoms with Gasteiger partial charge < -0.3 is 20.9 Å². The van der Waals surface area contributed by atoms with Crippen LogP contribution in [-0.4, -0.2) is 45.3 Å². The Morgan fingerprint density at radius 3 is 2.34 bits per heavy atom. The van der Waals surface area contributed by atoms with Gasteiger partial charge in [0.1, 0.15) is 11.7 Å². The van der Waals surface area contributed by atoms with E-state index in [0.29, 0.717) is 24.7 Å². The van der Waals surface area contributed by atoms with Crippen LogP contribution >= 0.6 is 24.8 Å². The van der Waals surface area contributed by atoms with Gasteiger partial charge in [-0.05, 0) is 43.0 Å². The Kier molecular flexibility index (Phi) is 10.6. The van der Waals surface area contributed by atoms with Crippen molar-refractivity contribution in [2.45, 2.75) is 51.0 Å². The highest BCUT2D eigenvalue weighted by atomic mass is 35.5. The molecule has 1 saturated carbocycles. The topological polar surface area (TPSA) is 114 Å². The third-order valence-electron chi connectivity index (χ3n) is 6.77. The van der Waals surface area contributed by atoms with Crippen LogP contribution in [0, 0.1) is 5.41 Å². The molecule has 190 valence electrons. The zero-order chi connectivity index (χ0) is 23.4. The van der Waals surface area contributed by atoms with Gasteiger partial charge in [0.05, 0.1) is 11.0 Å². The Morgan fingerprint density at radius 2 is 1.71 bits per heavy atom. The number of hydrogen-bond donors (Lipinski definition) is 3. The lowest BCUT2D eigenvalue weighted by Gasteiger charge is -2.34. The summed E-state index contributed by atoms with van der Waals surface area (Å²) >= 11 is 0. The molecule has 7 nitrogen and oxygen atoms in total. The van der Waals surface area contributed by atoms with Gasteiger partial charge in [0.25, 0.3) is 5.91 Å². The largest absolute Gasteiger partial charge is 0.384 e. The number of nitrogen functional groups attached to an aromatic ring is 1. The lowest BCUT2D eigenvalue weighted by atomic mass is 9.93.